The van der Waals surface area contributed by atoms with Crippen molar-refractivity contribution in [3.8, 4) is 0 Å². The molecule has 3 aromatic rings. The maximum Gasteiger partial charge on any atom is 0.253 e. The predicted molar refractivity (Wildman–Crippen MR) is 138 cm³/mol. The van der Waals surface area contributed by atoms with Gasteiger partial charge in [0.25, 0.3) is 5.56 Å². The number of amides is 1. The fraction of sp³-hybridized carbons (Fsp3) is 0.393. The fourth-order valence-corrected chi connectivity index (χ4v) is 4.99. The summed E-state index contributed by atoms with van der Waals surface area (Å²) >= 11 is 0. The van der Waals surface area contributed by atoms with Crippen molar-refractivity contribution in [2.45, 2.75) is 58.2 Å². The number of H-pyrrole nitrogens is 1. The van der Waals surface area contributed by atoms with Gasteiger partial charge in [0.15, 0.2) is 0 Å². The molecule has 1 unspecified atom stereocenters. The van der Waals surface area contributed by atoms with Crippen molar-refractivity contribution in [2.75, 3.05) is 14.1 Å². The largest absolute Gasteiger partial charge is 0.351 e. The third-order valence-electron chi connectivity index (χ3n) is 6.94. The molecule has 7 heteroatoms. The zero-order valence-corrected chi connectivity index (χ0v) is 20.9. The molecule has 0 bridgehead atoms. The first-order chi connectivity index (χ1) is 16.8. The van der Waals surface area contributed by atoms with Crippen molar-refractivity contribution < 1.29 is 4.79 Å². The maximum absolute atomic E-state index is 13.5. The summed E-state index contributed by atoms with van der Waals surface area (Å²) in [6.45, 7) is 4.86. The van der Waals surface area contributed by atoms with Gasteiger partial charge in [-0.25, -0.2) is 0 Å². The molecule has 0 saturated heterocycles. The molecule has 0 radical (unpaired) electrons. The number of fused-ring (bicyclic) bond motifs is 1. The molecular formula is C28H33N5O2. The Morgan fingerprint density at radius 1 is 1.20 bits per heavy atom. The van der Waals surface area contributed by atoms with E-state index in [1.54, 1.807) is 0 Å². The number of pyridine rings is 1. The van der Waals surface area contributed by atoms with E-state index in [1.807, 2.05) is 26.1 Å². The summed E-state index contributed by atoms with van der Waals surface area (Å²) in [4.78, 5) is 30.9. The second-order valence-electron chi connectivity index (χ2n) is 10.2. The number of carbonyl (C=O) groups is 1. The number of nitrogens with one attached hydrogen (secondary N) is 2. The number of aromatic nitrogens is 3. The van der Waals surface area contributed by atoms with Gasteiger partial charge in [-0.05, 0) is 81.6 Å². The van der Waals surface area contributed by atoms with E-state index in [4.69, 9.17) is 0 Å². The van der Waals surface area contributed by atoms with E-state index >= 15 is 0 Å². The van der Waals surface area contributed by atoms with E-state index in [0.717, 1.165) is 53.0 Å². The lowest BCUT2D eigenvalue weighted by Gasteiger charge is -2.24. The standard InChI is InChI=1S/C28H33N5O2/c1-17-11-18(2)31-28(35)24(17)14-29-27(34)23-12-21(20-7-5-19(6-8-20)16-32(3)4)13-26-25(23)15-30-33(26)22-9-10-22/h5-8,11,13,15,22-23H,9-10,12,14,16H2,1-4H3,(H,29,34)(H,31,35). The molecule has 35 heavy (non-hydrogen) atoms. The topological polar surface area (TPSA) is 83.0 Å². The van der Waals surface area contributed by atoms with Crippen molar-refractivity contribution in [1.29, 1.82) is 0 Å². The monoisotopic (exact) mass is 471 g/mol. The number of nitrogens with zero attached hydrogens (tertiary/aromatic N) is 3. The van der Waals surface area contributed by atoms with Crippen molar-refractivity contribution >= 4 is 17.6 Å². The molecule has 1 saturated carbocycles. The third-order valence-corrected chi connectivity index (χ3v) is 6.94. The number of aryl methyl sites for hydroxylation is 2. The number of allylic oxidation sites excluding steroid dienone is 1. The van der Waals surface area contributed by atoms with Crippen LogP contribution in [0.4, 0.5) is 0 Å². The molecule has 1 aromatic carbocycles. The van der Waals surface area contributed by atoms with Crippen LogP contribution in [-0.4, -0.2) is 39.7 Å². The molecule has 2 aromatic heterocycles. The van der Waals surface area contributed by atoms with Gasteiger partial charge in [0, 0.05) is 29.9 Å². The van der Waals surface area contributed by atoms with E-state index in [9.17, 15) is 9.59 Å². The Bertz CT molecular complexity index is 1340. The van der Waals surface area contributed by atoms with E-state index in [-0.39, 0.29) is 23.9 Å². The average molecular weight is 472 g/mol. The molecule has 1 amide bonds. The molecule has 1 atom stereocenters. The van der Waals surface area contributed by atoms with Gasteiger partial charge in [0.2, 0.25) is 5.91 Å². The van der Waals surface area contributed by atoms with E-state index in [1.165, 1.54) is 5.56 Å². The fourth-order valence-electron chi connectivity index (χ4n) is 4.99. The highest BCUT2D eigenvalue weighted by atomic mass is 16.2. The van der Waals surface area contributed by atoms with Gasteiger partial charge in [0.05, 0.1) is 23.9 Å². The van der Waals surface area contributed by atoms with E-state index in [2.05, 4.69) is 69.4 Å². The molecule has 0 spiro atoms. The van der Waals surface area contributed by atoms with Gasteiger partial charge < -0.3 is 15.2 Å². The number of rotatable bonds is 7. The first-order valence-electron chi connectivity index (χ1n) is 12.3. The van der Waals surface area contributed by atoms with Crippen LogP contribution in [0.5, 0.6) is 0 Å². The lowest BCUT2D eigenvalue weighted by atomic mass is 9.83. The molecule has 5 rings (SSSR count). The zero-order chi connectivity index (χ0) is 24.7. The van der Waals surface area contributed by atoms with Crippen LogP contribution in [0.3, 0.4) is 0 Å². The summed E-state index contributed by atoms with van der Waals surface area (Å²) in [6.07, 6.45) is 6.92. The lowest BCUT2D eigenvalue weighted by molar-refractivity contribution is -0.122. The van der Waals surface area contributed by atoms with Gasteiger partial charge >= 0.3 is 0 Å². The summed E-state index contributed by atoms with van der Waals surface area (Å²) < 4.78 is 2.09. The van der Waals surface area contributed by atoms with Gasteiger partial charge in [0.1, 0.15) is 0 Å². The first-order valence-corrected chi connectivity index (χ1v) is 12.3. The van der Waals surface area contributed by atoms with Crippen LogP contribution < -0.4 is 10.9 Å². The average Bonchev–Trinajstić information content (AvgIpc) is 3.56. The van der Waals surface area contributed by atoms with Crippen LogP contribution in [0.2, 0.25) is 0 Å². The van der Waals surface area contributed by atoms with Crippen LogP contribution >= 0.6 is 0 Å². The zero-order valence-electron chi connectivity index (χ0n) is 20.9. The molecular weight excluding hydrogens is 438 g/mol. The quantitative estimate of drug-likeness (QED) is 0.547. The predicted octanol–water partition coefficient (Wildman–Crippen LogP) is 3.93. The molecule has 2 aliphatic rings. The van der Waals surface area contributed by atoms with Crippen LogP contribution in [0.15, 0.2) is 41.3 Å². The minimum absolute atomic E-state index is 0.0733. The summed E-state index contributed by atoms with van der Waals surface area (Å²) in [7, 11) is 4.13. The minimum atomic E-state index is -0.344. The van der Waals surface area contributed by atoms with Crippen molar-refractivity contribution in [1.82, 2.24) is 25.0 Å². The smallest absolute Gasteiger partial charge is 0.253 e. The molecule has 0 aliphatic heterocycles. The number of hydrogen-bond donors (Lipinski definition) is 2. The Balaban J connectivity index is 1.42. The minimum Gasteiger partial charge on any atom is -0.351 e. The number of carbonyl (C=O) groups excluding carboxylic acids is 1. The Morgan fingerprint density at radius 2 is 1.94 bits per heavy atom. The normalized spacial score (nSPS) is 17.3. The molecule has 2 aliphatic carbocycles. The first kappa shape index (κ1) is 23.3. The number of hydrogen-bond acceptors (Lipinski definition) is 4. The second kappa shape index (κ2) is 9.30. The number of aromatic amines is 1. The van der Waals surface area contributed by atoms with Crippen molar-refractivity contribution in [2.24, 2.45) is 0 Å². The highest BCUT2D eigenvalue weighted by Gasteiger charge is 2.34. The Morgan fingerprint density at radius 3 is 2.60 bits per heavy atom. The van der Waals surface area contributed by atoms with Crippen LogP contribution in [0, 0.1) is 13.8 Å². The van der Waals surface area contributed by atoms with Gasteiger partial charge in [-0.2, -0.15) is 5.10 Å². The highest BCUT2D eigenvalue weighted by molar-refractivity contribution is 5.93. The second-order valence-corrected chi connectivity index (χ2v) is 10.2. The Labute approximate surface area is 205 Å². The van der Waals surface area contributed by atoms with Crippen LogP contribution in [0.25, 0.3) is 11.6 Å². The molecule has 2 heterocycles. The maximum atomic E-state index is 13.5. The van der Waals surface area contributed by atoms with Crippen molar-refractivity contribution in [3.05, 3.63) is 86.1 Å². The van der Waals surface area contributed by atoms with Gasteiger partial charge in [-0.15, -0.1) is 0 Å². The van der Waals surface area contributed by atoms with E-state index in [0.29, 0.717) is 18.0 Å². The highest BCUT2D eigenvalue weighted by Crippen LogP contribution is 2.43. The molecule has 182 valence electrons. The molecule has 2 N–H and O–H groups in total. The lowest BCUT2D eigenvalue weighted by Crippen LogP contribution is -2.33. The van der Waals surface area contributed by atoms with Crippen LogP contribution in [0.1, 0.15) is 70.4 Å². The van der Waals surface area contributed by atoms with Gasteiger partial charge in [-0.3, -0.25) is 14.3 Å². The Kier molecular flexibility index (Phi) is 6.19. The summed E-state index contributed by atoms with van der Waals surface area (Å²) in [5.74, 6) is -0.417. The Hall–Kier alpha value is -3.45. The van der Waals surface area contributed by atoms with Crippen molar-refractivity contribution in [3.63, 3.8) is 0 Å². The van der Waals surface area contributed by atoms with Crippen LogP contribution in [-0.2, 0) is 17.9 Å². The summed E-state index contributed by atoms with van der Waals surface area (Å²) in [6, 6.07) is 11.0. The summed E-state index contributed by atoms with van der Waals surface area (Å²) in [5.41, 5.74) is 7.69. The molecule has 7 nitrogen and oxygen atoms in total. The van der Waals surface area contributed by atoms with E-state index < -0.39 is 0 Å². The third kappa shape index (κ3) is 4.86. The molecule has 1 fully saturated rings. The van der Waals surface area contributed by atoms with Gasteiger partial charge in [-0.1, -0.05) is 24.3 Å². The number of benzene rings is 1. The summed E-state index contributed by atoms with van der Waals surface area (Å²) in [5, 5.41) is 7.69. The SMILES string of the molecule is Cc1cc(C)c(CNC(=O)C2CC(c3ccc(CN(C)C)cc3)=Cc3c2cnn3C2CC2)c(=O)[nH]1.